The Morgan fingerprint density at radius 2 is 1.74 bits per heavy atom. The second-order valence-electron chi connectivity index (χ2n) is 8.80. The van der Waals surface area contributed by atoms with E-state index in [1.54, 1.807) is 0 Å². The van der Waals surface area contributed by atoms with E-state index in [4.69, 9.17) is 4.74 Å². The Labute approximate surface area is 220 Å². The van der Waals surface area contributed by atoms with Crippen LogP contribution in [0.5, 0.6) is 11.5 Å². The first kappa shape index (κ1) is 28.8. The summed E-state index contributed by atoms with van der Waals surface area (Å²) in [5, 5.41) is 20.4. The van der Waals surface area contributed by atoms with Crippen molar-refractivity contribution in [3.63, 3.8) is 0 Å². The molecule has 0 radical (unpaired) electrons. The summed E-state index contributed by atoms with van der Waals surface area (Å²) in [6.45, 7) is -3.19. The first-order valence-corrected chi connectivity index (χ1v) is 12.3. The second-order valence-corrected chi connectivity index (χ2v) is 9.87. The van der Waals surface area contributed by atoms with Crippen molar-refractivity contribution in [3.05, 3.63) is 75.1 Å². The normalized spacial score (nSPS) is 15.7. The molecular weight excluding hydrogens is 564 g/mol. The molecule has 1 aliphatic carbocycles. The maximum Gasteiger partial charge on any atom is 0.433 e. The third-order valence-corrected chi connectivity index (χ3v) is 7.47. The van der Waals surface area contributed by atoms with E-state index in [9.17, 15) is 45.4 Å². The van der Waals surface area contributed by atoms with E-state index < -0.39 is 35.5 Å². The molecule has 1 saturated carbocycles. The number of alkyl halides is 8. The number of aliphatic hydroxyl groups is 1. The van der Waals surface area contributed by atoms with Crippen molar-refractivity contribution in [1.29, 1.82) is 0 Å². The SMILES string of the molecule is [O-][n+]1ccccc1CC(c1ccc(OC(F)F)c(OC2CCC2)c1)c1cnc(C(O)(C(F)(F)F)C(F)(F)F)s1. The van der Waals surface area contributed by atoms with Crippen molar-refractivity contribution in [2.24, 2.45) is 0 Å². The molecule has 1 aromatic carbocycles. The topological polar surface area (TPSA) is 78.5 Å². The van der Waals surface area contributed by atoms with Crippen LogP contribution in [0.25, 0.3) is 0 Å². The first-order valence-electron chi connectivity index (χ1n) is 11.4. The number of thiazole rings is 1. The molecule has 0 aliphatic heterocycles. The van der Waals surface area contributed by atoms with E-state index in [1.807, 2.05) is 0 Å². The molecule has 4 rings (SSSR count). The van der Waals surface area contributed by atoms with Gasteiger partial charge in [-0.3, -0.25) is 0 Å². The monoisotopic (exact) mass is 584 g/mol. The predicted octanol–water partition coefficient (Wildman–Crippen LogP) is 6.00. The lowest BCUT2D eigenvalue weighted by Crippen LogP contribution is -2.53. The zero-order chi connectivity index (χ0) is 28.6. The van der Waals surface area contributed by atoms with Crippen LogP contribution in [-0.2, 0) is 12.0 Å². The highest BCUT2D eigenvalue weighted by Crippen LogP contribution is 2.52. The van der Waals surface area contributed by atoms with E-state index in [2.05, 4.69) is 9.72 Å². The predicted molar refractivity (Wildman–Crippen MR) is 120 cm³/mol. The average molecular weight is 584 g/mol. The Bertz CT molecular complexity index is 1280. The van der Waals surface area contributed by atoms with Gasteiger partial charge in [0.25, 0.3) is 0 Å². The summed E-state index contributed by atoms with van der Waals surface area (Å²) in [5.74, 6) is -1.49. The van der Waals surface area contributed by atoms with Crippen molar-refractivity contribution in [3.8, 4) is 11.5 Å². The second kappa shape index (κ2) is 10.8. The largest absolute Gasteiger partial charge is 0.619 e. The van der Waals surface area contributed by atoms with Crippen LogP contribution in [0.4, 0.5) is 35.1 Å². The van der Waals surface area contributed by atoms with Gasteiger partial charge in [0.1, 0.15) is 5.01 Å². The van der Waals surface area contributed by atoms with Crippen LogP contribution < -0.4 is 14.2 Å². The lowest BCUT2D eigenvalue weighted by atomic mass is 9.92. The van der Waals surface area contributed by atoms with Crippen molar-refractivity contribution in [2.45, 2.75) is 62.3 Å². The lowest BCUT2D eigenvalue weighted by Gasteiger charge is -2.30. The number of pyridine rings is 1. The van der Waals surface area contributed by atoms with Crippen molar-refractivity contribution in [2.75, 3.05) is 0 Å². The number of ether oxygens (including phenoxy) is 2. The number of aromatic nitrogens is 2. The Kier molecular flexibility index (Phi) is 7.94. The molecular formula is C24H20F8N2O4S. The van der Waals surface area contributed by atoms with E-state index >= 15 is 0 Å². The molecule has 0 bridgehead atoms. The number of hydrogen-bond donors (Lipinski definition) is 1. The molecule has 39 heavy (non-hydrogen) atoms. The van der Waals surface area contributed by atoms with Crippen LogP contribution in [-0.4, -0.2) is 35.2 Å². The summed E-state index contributed by atoms with van der Waals surface area (Å²) in [6, 6.07) is 8.05. The summed E-state index contributed by atoms with van der Waals surface area (Å²) in [6.07, 6.45) is -8.73. The zero-order valence-corrected chi connectivity index (χ0v) is 20.5. The fraction of sp³-hybridized carbons (Fsp3) is 0.417. The fourth-order valence-electron chi connectivity index (χ4n) is 3.93. The van der Waals surface area contributed by atoms with E-state index in [1.165, 1.54) is 30.3 Å². The van der Waals surface area contributed by atoms with Crippen LogP contribution in [0, 0.1) is 5.21 Å². The van der Waals surface area contributed by atoms with Crippen LogP contribution in [0.1, 0.15) is 46.3 Å². The molecule has 1 atom stereocenters. The molecule has 0 spiro atoms. The zero-order valence-electron chi connectivity index (χ0n) is 19.7. The van der Waals surface area contributed by atoms with Gasteiger partial charge < -0.3 is 19.8 Å². The van der Waals surface area contributed by atoms with Gasteiger partial charge >= 0.3 is 24.6 Å². The van der Waals surface area contributed by atoms with Crippen LogP contribution in [0.3, 0.4) is 0 Å². The van der Waals surface area contributed by atoms with Gasteiger partial charge in [-0.05, 0) is 37.0 Å². The molecule has 1 unspecified atom stereocenters. The highest BCUT2D eigenvalue weighted by Gasteiger charge is 2.73. The van der Waals surface area contributed by atoms with Crippen molar-refractivity contribution in [1.82, 2.24) is 4.98 Å². The molecule has 3 aromatic rings. The molecule has 6 nitrogen and oxygen atoms in total. The molecule has 1 N–H and O–H groups in total. The molecule has 2 aromatic heterocycles. The minimum atomic E-state index is -6.13. The fourth-order valence-corrected chi connectivity index (χ4v) is 5.10. The van der Waals surface area contributed by atoms with Gasteiger partial charge in [-0.1, -0.05) is 12.1 Å². The summed E-state index contributed by atoms with van der Waals surface area (Å²) in [7, 11) is 0. The number of halogens is 8. The highest BCUT2D eigenvalue weighted by atomic mass is 32.1. The quantitative estimate of drug-likeness (QED) is 0.190. The van der Waals surface area contributed by atoms with Crippen molar-refractivity contribution < 1.29 is 54.4 Å². The van der Waals surface area contributed by atoms with Gasteiger partial charge in [0.05, 0.1) is 6.10 Å². The van der Waals surface area contributed by atoms with Gasteiger partial charge in [-0.25, -0.2) is 4.98 Å². The standard InChI is InChI=1S/C24H20F8N2O4S/c25-21(26)38-17-8-7-13(10-18(17)37-15-5-3-6-15)16(11-14-4-1-2-9-34(14)36)19-12-33-20(39-19)22(35,23(27,28)29)24(30,31)32/h1-2,4,7-10,12,15-16,21,35H,3,5-6,11H2. The van der Waals surface area contributed by atoms with E-state index in [0.717, 1.165) is 24.9 Å². The molecule has 0 amide bonds. The summed E-state index contributed by atoms with van der Waals surface area (Å²) >= 11 is -0.0326. The molecule has 212 valence electrons. The Hall–Kier alpha value is -3.20. The summed E-state index contributed by atoms with van der Waals surface area (Å²) < 4.78 is 117. The molecule has 1 aliphatic rings. The number of rotatable bonds is 9. The Balaban J connectivity index is 1.81. The van der Waals surface area contributed by atoms with Crippen LogP contribution in [0.15, 0.2) is 48.8 Å². The third kappa shape index (κ3) is 5.88. The van der Waals surface area contributed by atoms with Gasteiger partial charge in [-0.15, -0.1) is 11.3 Å². The smallest absolute Gasteiger partial charge is 0.433 e. The Morgan fingerprint density at radius 3 is 2.31 bits per heavy atom. The molecule has 15 heteroatoms. The highest BCUT2D eigenvalue weighted by molar-refractivity contribution is 7.11. The van der Waals surface area contributed by atoms with Gasteiger partial charge in [0.15, 0.2) is 23.4 Å². The third-order valence-electron chi connectivity index (χ3n) is 6.25. The number of benzene rings is 1. The minimum Gasteiger partial charge on any atom is -0.619 e. The van der Waals surface area contributed by atoms with E-state index in [0.29, 0.717) is 17.6 Å². The maximum absolute atomic E-state index is 13.4. The summed E-state index contributed by atoms with van der Waals surface area (Å²) in [4.78, 5) is 3.12. The number of nitrogens with zero attached hydrogens (tertiary/aromatic N) is 2. The minimum absolute atomic E-state index is 0.0326. The van der Waals surface area contributed by atoms with Crippen LogP contribution >= 0.6 is 11.3 Å². The van der Waals surface area contributed by atoms with Gasteiger partial charge in [0.2, 0.25) is 0 Å². The number of hydrogen-bond acceptors (Lipinski definition) is 6. The van der Waals surface area contributed by atoms with Gasteiger partial charge in [0, 0.05) is 35.5 Å². The first-order chi connectivity index (χ1) is 18.2. The van der Waals surface area contributed by atoms with Crippen LogP contribution in [0.2, 0.25) is 0 Å². The Morgan fingerprint density at radius 1 is 1.05 bits per heavy atom. The maximum atomic E-state index is 13.4. The molecule has 2 heterocycles. The lowest BCUT2D eigenvalue weighted by molar-refractivity contribution is -0.614. The van der Waals surface area contributed by atoms with Gasteiger partial charge in [-0.2, -0.15) is 39.9 Å². The molecule has 0 saturated heterocycles. The average Bonchev–Trinajstić information content (AvgIpc) is 3.29. The summed E-state index contributed by atoms with van der Waals surface area (Å²) in [5.41, 5.74) is -4.91. The van der Waals surface area contributed by atoms with E-state index in [-0.39, 0.29) is 51.5 Å². The van der Waals surface area contributed by atoms with Crippen molar-refractivity contribution >= 4 is 11.3 Å². The molecule has 1 fully saturated rings.